The van der Waals surface area contributed by atoms with E-state index in [0.29, 0.717) is 5.41 Å². The van der Waals surface area contributed by atoms with Gasteiger partial charge < -0.3 is 5.11 Å². The highest BCUT2D eigenvalue weighted by Gasteiger charge is 2.59. The SMILES string of the molecule is CC[C@]12CC[C@H]3[C@@H](CC=C4CCCC[C@@]43C)[C@@H]1CC[C@@H]2O. The lowest BCUT2D eigenvalue weighted by Crippen LogP contribution is -2.51. The average molecular weight is 288 g/mol. The van der Waals surface area contributed by atoms with Crippen molar-refractivity contribution < 1.29 is 5.11 Å². The van der Waals surface area contributed by atoms with Gasteiger partial charge >= 0.3 is 0 Å². The maximum absolute atomic E-state index is 10.6. The van der Waals surface area contributed by atoms with Gasteiger partial charge in [-0.05, 0) is 86.4 Å². The van der Waals surface area contributed by atoms with Gasteiger partial charge in [0.1, 0.15) is 0 Å². The summed E-state index contributed by atoms with van der Waals surface area (Å²) in [4.78, 5) is 0. The van der Waals surface area contributed by atoms with Crippen LogP contribution < -0.4 is 0 Å². The third-order valence-electron chi connectivity index (χ3n) is 8.35. The summed E-state index contributed by atoms with van der Waals surface area (Å²) in [5.74, 6) is 2.57. The van der Waals surface area contributed by atoms with E-state index in [0.717, 1.165) is 24.2 Å². The summed E-state index contributed by atoms with van der Waals surface area (Å²) in [6.45, 7) is 4.91. The molecule has 0 amide bonds. The van der Waals surface area contributed by atoms with Crippen LogP contribution in [0.1, 0.15) is 78.1 Å². The molecule has 0 aromatic carbocycles. The molecule has 0 saturated heterocycles. The van der Waals surface area contributed by atoms with E-state index in [1.54, 1.807) is 5.57 Å². The molecule has 1 nitrogen and oxygen atoms in total. The Morgan fingerprint density at radius 1 is 1.14 bits per heavy atom. The Labute approximate surface area is 130 Å². The number of hydrogen-bond acceptors (Lipinski definition) is 1. The first-order valence-electron chi connectivity index (χ1n) is 9.49. The lowest BCUT2D eigenvalue weighted by Gasteiger charge is -2.58. The van der Waals surface area contributed by atoms with Gasteiger partial charge in [0, 0.05) is 0 Å². The van der Waals surface area contributed by atoms with Crippen LogP contribution in [0.2, 0.25) is 0 Å². The van der Waals surface area contributed by atoms with Crippen molar-refractivity contribution in [1.29, 1.82) is 0 Å². The summed E-state index contributed by atoms with van der Waals surface area (Å²) in [5.41, 5.74) is 2.59. The molecule has 0 heterocycles. The molecule has 3 saturated carbocycles. The second-order valence-electron chi connectivity index (χ2n) is 8.69. The summed E-state index contributed by atoms with van der Waals surface area (Å²) < 4.78 is 0. The van der Waals surface area contributed by atoms with E-state index >= 15 is 0 Å². The number of hydrogen-bond donors (Lipinski definition) is 1. The van der Waals surface area contributed by atoms with Gasteiger partial charge in [0.2, 0.25) is 0 Å². The second kappa shape index (κ2) is 4.85. The van der Waals surface area contributed by atoms with Crippen molar-refractivity contribution in [1.82, 2.24) is 0 Å². The van der Waals surface area contributed by atoms with E-state index in [1.165, 1.54) is 57.8 Å². The van der Waals surface area contributed by atoms with E-state index in [2.05, 4.69) is 19.9 Å². The molecule has 4 aliphatic carbocycles. The van der Waals surface area contributed by atoms with Gasteiger partial charge in [-0.25, -0.2) is 0 Å². The molecule has 6 atom stereocenters. The van der Waals surface area contributed by atoms with Crippen LogP contribution in [0.3, 0.4) is 0 Å². The van der Waals surface area contributed by atoms with Crippen LogP contribution in [-0.4, -0.2) is 11.2 Å². The largest absolute Gasteiger partial charge is 0.393 e. The Morgan fingerprint density at radius 2 is 2.00 bits per heavy atom. The molecule has 0 spiro atoms. The molecule has 1 N–H and O–H groups in total. The number of rotatable bonds is 1. The highest BCUT2D eigenvalue weighted by molar-refractivity contribution is 5.24. The molecule has 1 heteroatoms. The average Bonchev–Trinajstić information content (AvgIpc) is 2.84. The lowest BCUT2D eigenvalue weighted by molar-refractivity contribution is -0.0785. The molecule has 21 heavy (non-hydrogen) atoms. The fourth-order valence-electron chi connectivity index (χ4n) is 7.16. The summed E-state index contributed by atoms with van der Waals surface area (Å²) in [6, 6.07) is 0. The zero-order chi connectivity index (χ0) is 14.7. The van der Waals surface area contributed by atoms with E-state index in [1.807, 2.05) is 0 Å². The smallest absolute Gasteiger partial charge is 0.0599 e. The van der Waals surface area contributed by atoms with Crippen LogP contribution in [0.25, 0.3) is 0 Å². The third kappa shape index (κ3) is 1.79. The highest BCUT2D eigenvalue weighted by atomic mass is 16.3. The van der Waals surface area contributed by atoms with Crippen LogP contribution in [0.4, 0.5) is 0 Å². The molecule has 0 aliphatic heterocycles. The minimum atomic E-state index is -0.0158. The number of allylic oxidation sites excluding steroid dienone is 2. The first kappa shape index (κ1) is 14.3. The van der Waals surface area contributed by atoms with Gasteiger partial charge in [-0.3, -0.25) is 0 Å². The van der Waals surface area contributed by atoms with Gasteiger partial charge in [0.15, 0.2) is 0 Å². The Morgan fingerprint density at radius 3 is 2.81 bits per heavy atom. The molecular weight excluding hydrogens is 256 g/mol. The van der Waals surface area contributed by atoms with Gasteiger partial charge in [-0.1, -0.05) is 31.9 Å². The van der Waals surface area contributed by atoms with Gasteiger partial charge in [-0.15, -0.1) is 0 Å². The summed E-state index contributed by atoms with van der Waals surface area (Å²) in [6.07, 6.45) is 15.8. The normalized spacial score (nSPS) is 52.6. The number of aliphatic hydroxyl groups excluding tert-OH is 1. The van der Waals surface area contributed by atoms with Crippen LogP contribution in [-0.2, 0) is 0 Å². The zero-order valence-corrected chi connectivity index (χ0v) is 13.9. The second-order valence-corrected chi connectivity index (χ2v) is 8.69. The Kier molecular flexibility index (Phi) is 3.30. The first-order valence-corrected chi connectivity index (χ1v) is 9.49. The Bertz CT molecular complexity index is 453. The Hall–Kier alpha value is -0.300. The molecule has 4 aliphatic rings. The fourth-order valence-corrected chi connectivity index (χ4v) is 7.16. The monoisotopic (exact) mass is 288 g/mol. The predicted molar refractivity (Wildman–Crippen MR) is 86.9 cm³/mol. The van der Waals surface area contributed by atoms with Crippen molar-refractivity contribution in [3.63, 3.8) is 0 Å². The van der Waals surface area contributed by atoms with Gasteiger partial charge in [0.25, 0.3) is 0 Å². The molecule has 4 rings (SSSR count). The molecule has 0 radical (unpaired) electrons. The summed E-state index contributed by atoms with van der Waals surface area (Å²) >= 11 is 0. The third-order valence-corrected chi connectivity index (χ3v) is 8.35. The molecule has 0 aromatic rings. The van der Waals surface area contributed by atoms with Gasteiger partial charge in [-0.2, -0.15) is 0 Å². The van der Waals surface area contributed by atoms with E-state index in [4.69, 9.17) is 0 Å². The maximum Gasteiger partial charge on any atom is 0.0599 e. The summed E-state index contributed by atoms with van der Waals surface area (Å²) in [7, 11) is 0. The summed E-state index contributed by atoms with van der Waals surface area (Å²) in [5, 5.41) is 10.6. The predicted octanol–water partition coefficient (Wildman–Crippen LogP) is 5.09. The van der Waals surface area contributed by atoms with E-state index in [9.17, 15) is 5.11 Å². The number of aliphatic hydroxyl groups is 1. The van der Waals surface area contributed by atoms with Crippen molar-refractivity contribution in [3.8, 4) is 0 Å². The molecule has 0 unspecified atom stereocenters. The van der Waals surface area contributed by atoms with Crippen molar-refractivity contribution >= 4 is 0 Å². The van der Waals surface area contributed by atoms with Crippen LogP contribution >= 0.6 is 0 Å². The minimum absolute atomic E-state index is 0.0158. The van der Waals surface area contributed by atoms with Crippen molar-refractivity contribution in [2.45, 2.75) is 84.2 Å². The standard InChI is InChI=1S/C20H32O/c1-3-20-13-11-16-15(17(20)9-10-18(20)21)8-7-14-6-4-5-12-19(14,16)2/h7,15-18,21H,3-6,8-13H2,1-2H3/t15-,16+,17+,18+,19+,20+/m1/s1. The first-order chi connectivity index (χ1) is 10.1. The quantitative estimate of drug-likeness (QED) is 0.666. The minimum Gasteiger partial charge on any atom is -0.393 e. The fraction of sp³-hybridized carbons (Fsp3) is 0.900. The van der Waals surface area contributed by atoms with E-state index < -0.39 is 0 Å². The van der Waals surface area contributed by atoms with Crippen molar-refractivity contribution in [3.05, 3.63) is 11.6 Å². The van der Waals surface area contributed by atoms with Crippen LogP contribution in [0, 0.1) is 28.6 Å². The van der Waals surface area contributed by atoms with E-state index in [-0.39, 0.29) is 11.5 Å². The van der Waals surface area contributed by atoms with Crippen molar-refractivity contribution in [2.24, 2.45) is 28.6 Å². The zero-order valence-electron chi connectivity index (χ0n) is 13.9. The van der Waals surface area contributed by atoms with Gasteiger partial charge in [0.05, 0.1) is 6.10 Å². The maximum atomic E-state index is 10.6. The number of fused-ring (bicyclic) bond motifs is 5. The Balaban J connectivity index is 1.70. The molecule has 0 aromatic heterocycles. The van der Waals surface area contributed by atoms with Crippen molar-refractivity contribution in [2.75, 3.05) is 0 Å². The topological polar surface area (TPSA) is 20.2 Å². The van der Waals surface area contributed by atoms with Crippen LogP contribution in [0.15, 0.2) is 11.6 Å². The molecule has 0 bridgehead atoms. The molecule has 3 fully saturated rings. The lowest BCUT2D eigenvalue weighted by atomic mass is 9.47. The van der Waals surface area contributed by atoms with Crippen LogP contribution in [0.5, 0.6) is 0 Å². The molecular formula is C20H32O. The molecule has 118 valence electrons. The highest BCUT2D eigenvalue weighted by Crippen LogP contribution is 2.65.